The maximum Gasteiger partial charge on any atom is 0.335 e. The Morgan fingerprint density at radius 3 is 1.40 bits per heavy atom. The van der Waals surface area contributed by atoms with Gasteiger partial charge in [-0.15, -0.1) is 5.06 Å². The maximum atomic E-state index is 12.1. The number of esters is 1. The third-order valence-electron chi connectivity index (χ3n) is 9.03. The van der Waals surface area contributed by atoms with Crippen molar-refractivity contribution in [2.24, 2.45) is 0 Å². The minimum atomic E-state index is -0.718. The van der Waals surface area contributed by atoms with E-state index in [1.807, 2.05) is 30.3 Å². The molecular weight excluding hydrogens is 782 g/mol. The molecule has 1 aliphatic heterocycles. The second kappa shape index (κ2) is 36.8. The highest BCUT2D eigenvalue weighted by atomic mass is 16.7. The summed E-state index contributed by atoms with van der Waals surface area (Å²) in [5.74, 6) is -1.97. The summed E-state index contributed by atoms with van der Waals surface area (Å²) >= 11 is 0. The molecule has 1 fully saturated rings. The van der Waals surface area contributed by atoms with Crippen LogP contribution in [-0.4, -0.2) is 133 Å². The average Bonchev–Trinajstić information content (AvgIpc) is 3.56. The van der Waals surface area contributed by atoms with E-state index < -0.39 is 17.8 Å². The molecule has 17 nitrogen and oxygen atoms in total. The second-order valence-electron chi connectivity index (χ2n) is 14.1. The largest absolute Gasteiger partial charge is 0.461 e. The van der Waals surface area contributed by atoms with E-state index in [2.05, 4.69) is 10.6 Å². The van der Waals surface area contributed by atoms with Gasteiger partial charge in [-0.1, -0.05) is 81.7 Å². The van der Waals surface area contributed by atoms with Gasteiger partial charge in [-0.3, -0.25) is 24.0 Å². The number of benzene rings is 1. The fourth-order valence-electron chi connectivity index (χ4n) is 5.69. The first kappa shape index (κ1) is 52.1. The smallest absolute Gasteiger partial charge is 0.335 e. The molecule has 0 aliphatic carbocycles. The average molecular weight is 852 g/mol. The minimum Gasteiger partial charge on any atom is -0.461 e. The molecule has 0 atom stereocenters. The highest BCUT2D eigenvalue weighted by molar-refractivity contribution is 6.01. The van der Waals surface area contributed by atoms with E-state index in [1.54, 1.807) is 0 Å². The van der Waals surface area contributed by atoms with Gasteiger partial charge in [0, 0.05) is 45.2 Å². The van der Waals surface area contributed by atoms with Crippen molar-refractivity contribution in [3.63, 3.8) is 0 Å². The molecule has 1 aromatic rings. The van der Waals surface area contributed by atoms with Crippen molar-refractivity contribution in [1.29, 1.82) is 0 Å². The predicted octanol–water partition coefficient (Wildman–Crippen LogP) is 4.13. The summed E-state index contributed by atoms with van der Waals surface area (Å²) in [6.45, 7) is 5.10. The van der Waals surface area contributed by atoms with Crippen LogP contribution in [0.2, 0.25) is 0 Å². The Kier molecular flexibility index (Phi) is 32.0. The van der Waals surface area contributed by atoms with Crippen molar-refractivity contribution in [3.8, 4) is 0 Å². The molecule has 0 unspecified atom stereocenters. The number of nitrogens with one attached hydrogen (secondary N) is 2. The van der Waals surface area contributed by atoms with Crippen LogP contribution < -0.4 is 10.6 Å². The molecule has 0 bridgehead atoms. The van der Waals surface area contributed by atoms with Crippen LogP contribution >= 0.6 is 0 Å². The molecule has 0 spiro atoms. The lowest BCUT2D eigenvalue weighted by atomic mass is 10.1. The van der Waals surface area contributed by atoms with Crippen molar-refractivity contribution < 1.29 is 66.8 Å². The summed E-state index contributed by atoms with van der Waals surface area (Å²) < 4.78 is 37.8. The molecule has 4 amide bonds. The number of nitrogens with zero attached hydrogens (tertiary/aromatic N) is 1. The molecule has 2 rings (SSSR count). The highest BCUT2D eigenvalue weighted by Crippen LogP contribution is 2.14. The summed E-state index contributed by atoms with van der Waals surface area (Å²) in [4.78, 5) is 75.1. The summed E-state index contributed by atoms with van der Waals surface area (Å²) in [6.07, 6.45) is 12.2. The summed E-state index contributed by atoms with van der Waals surface area (Å²) in [5.41, 5.74) is 1.01. The monoisotopic (exact) mass is 851 g/mol. The van der Waals surface area contributed by atoms with Gasteiger partial charge in [-0.2, -0.15) is 0 Å². The van der Waals surface area contributed by atoms with Crippen molar-refractivity contribution in [2.45, 2.75) is 109 Å². The first-order valence-electron chi connectivity index (χ1n) is 21.6. The molecule has 60 heavy (non-hydrogen) atoms. The lowest BCUT2D eigenvalue weighted by Crippen LogP contribution is -2.32. The zero-order valence-corrected chi connectivity index (χ0v) is 35.5. The number of unbranched alkanes of at least 4 members (excludes halogenated alkanes) is 9. The number of carbonyl (C=O) groups is 6. The second-order valence-corrected chi connectivity index (χ2v) is 14.1. The molecular formula is C43H69N3O14. The van der Waals surface area contributed by atoms with E-state index >= 15 is 0 Å². The van der Waals surface area contributed by atoms with Gasteiger partial charge in [0.2, 0.25) is 11.8 Å². The summed E-state index contributed by atoms with van der Waals surface area (Å²) in [6, 6.07) is 9.74. The number of ether oxygens (including phenoxy) is 7. The molecule has 1 aliphatic rings. The number of hydrogen-bond acceptors (Lipinski definition) is 14. The van der Waals surface area contributed by atoms with Crippen LogP contribution in [0.15, 0.2) is 30.3 Å². The van der Waals surface area contributed by atoms with Crippen LogP contribution in [0.4, 0.5) is 0 Å². The fourth-order valence-corrected chi connectivity index (χ4v) is 5.69. The highest BCUT2D eigenvalue weighted by Gasteiger charge is 2.32. The van der Waals surface area contributed by atoms with Crippen molar-refractivity contribution in [1.82, 2.24) is 15.7 Å². The molecule has 2 N–H and O–H groups in total. The van der Waals surface area contributed by atoms with Crippen LogP contribution in [0.25, 0.3) is 0 Å². The number of rotatable bonds is 40. The molecule has 0 saturated carbocycles. The topological polar surface area (TPSA) is 204 Å². The molecule has 1 heterocycles. The van der Waals surface area contributed by atoms with E-state index in [1.165, 1.54) is 25.7 Å². The van der Waals surface area contributed by atoms with Crippen LogP contribution in [0.5, 0.6) is 0 Å². The van der Waals surface area contributed by atoms with Crippen LogP contribution in [-0.2, 0) is 73.4 Å². The number of carbonyl (C=O) groups excluding carboxylic acids is 6. The fraction of sp³-hybridized carbons (Fsp3) is 0.721. The van der Waals surface area contributed by atoms with Crippen LogP contribution in [0, 0.1) is 0 Å². The number of amides is 4. The number of hydroxylamine groups is 2. The first-order chi connectivity index (χ1) is 29.3. The van der Waals surface area contributed by atoms with Crippen LogP contribution in [0.3, 0.4) is 0 Å². The Balaban J connectivity index is 1.19. The lowest BCUT2D eigenvalue weighted by molar-refractivity contribution is -0.198. The van der Waals surface area contributed by atoms with Crippen LogP contribution in [0.1, 0.15) is 108 Å². The standard InChI is InChI=1S/C43H69N3O14/c47-38(16-12-7-5-3-1-2-4-6-8-13-17-42(51)59-36-37-14-10-9-11-15-37)44-22-26-55-30-34-57-32-28-53-24-20-39(48)45-23-27-56-31-35-58-33-29-54-25-21-43(52)60-46-40(49)18-19-41(46)50/h9-11,14-15H,1-8,12-13,16-36H2,(H,44,47)(H,45,48). The van der Waals surface area contributed by atoms with E-state index in [4.69, 9.17) is 38.0 Å². The Bertz CT molecular complexity index is 1300. The van der Waals surface area contributed by atoms with Gasteiger partial charge >= 0.3 is 11.9 Å². The van der Waals surface area contributed by atoms with E-state index in [9.17, 15) is 28.8 Å². The summed E-state index contributed by atoms with van der Waals surface area (Å²) in [7, 11) is 0. The Morgan fingerprint density at radius 2 is 0.883 bits per heavy atom. The SMILES string of the molecule is O=C(CCCCCCCCCCCCC(=O)OCc1ccccc1)NCCOCCOCCOCCC(=O)NCCOCCOCCOCCC(=O)ON1C(=O)CCC1=O. The zero-order valence-electron chi connectivity index (χ0n) is 35.5. The molecule has 0 radical (unpaired) electrons. The molecule has 0 aromatic heterocycles. The van der Waals surface area contributed by atoms with E-state index in [-0.39, 0.29) is 63.3 Å². The third-order valence-corrected chi connectivity index (χ3v) is 9.03. The quantitative estimate of drug-likeness (QED) is 0.0542. The van der Waals surface area contributed by atoms with Crippen molar-refractivity contribution in [3.05, 3.63) is 35.9 Å². The van der Waals surface area contributed by atoms with Gasteiger partial charge < -0.3 is 48.6 Å². The van der Waals surface area contributed by atoms with Gasteiger partial charge in [0.1, 0.15) is 6.61 Å². The molecule has 340 valence electrons. The minimum absolute atomic E-state index is 0.0454. The van der Waals surface area contributed by atoms with Gasteiger partial charge in [0.25, 0.3) is 11.8 Å². The van der Waals surface area contributed by atoms with Gasteiger partial charge in [-0.25, -0.2) is 4.79 Å². The van der Waals surface area contributed by atoms with Crippen molar-refractivity contribution >= 4 is 35.6 Å². The van der Waals surface area contributed by atoms with E-state index in [0.29, 0.717) is 97.1 Å². The predicted molar refractivity (Wildman–Crippen MR) is 219 cm³/mol. The Labute approximate surface area is 355 Å². The molecule has 1 saturated heterocycles. The van der Waals surface area contributed by atoms with Gasteiger partial charge in [0.15, 0.2) is 0 Å². The van der Waals surface area contributed by atoms with Gasteiger partial charge in [0.05, 0.1) is 85.7 Å². The Morgan fingerprint density at radius 1 is 0.467 bits per heavy atom. The third kappa shape index (κ3) is 30.1. The summed E-state index contributed by atoms with van der Waals surface area (Å²) in [5, 5.41) is 6.15. The normalized spacial score (nSPS) is 12.5. The number of imide groups is 1. The molecule has 1 aromatic carbocycles. The first-order valence-corrected chi connectivity index (χ1v) is 21.6. The Hall–Kier alpha value is -4.00. The van der Waals surface area contributed by atoms with Gasteiger partial charge in [-0.05, 0) is 18.4 Å². The zero-order chi connectivity index (χ0) is 43.1. The maximum absolute atomic E-state index is 12.1. The molecule has 17 heteroatoms. The number of hydrogen-bond donors (Lipinski definition) is 2. The lowest BCUT2D eigenvalue weighted by Gasteiger charge is -2.12. The van der Waals surface area contributed by atoms with E-state index in [0.717, 1.165) is 44.1 Å². The van der Waals surface area contributed by atoms with Crippen molar-refractivity contribution in [2.75, 3.05) is 92.4 Å².